The van der Waals surface area contributed by atoms with E-state index in [4.69, 9.17) is 11.6 Å². The molecule has 1 aromatic carbocycles. The number of benzene rings is 1. The minimum absolute atomic E-state index is 0.0605. The third-order valence-electron chi connectivity index (χ3n) is 3.40. The molecule has 1 aromatic rings. The highest BCUT2D eigenvalue weighted by molar-refractivity contribution is 9.10. The number of hydrogen-bond acceptors (Lipinski definition) is 2. The number of rotatable bonds is 4. The van der Waals surface area contributed by atoms with Crippen molar-refractivity contribution in [2.45, 2.75) is 25.3 Å². The van der Waals surface area contributed by atoms with Crippen LogP contribution in [-0.4, -0.2) is 23.2 Å². The summed E-state index contributed by atoms with van der Waals surface area (Å²) in [5.41, 5.74) is -0.130. The van der Waals surface area contributed by atoms with Crippen molar-refractivity contribution < 1.29 is 9.90 Å². The fourth-order valence-corrected chi connectivity index (χ4v) is 2.58. The van der Waals surface area contributed by atoms with E-state index < -0.39 is 5.54 Å². The lowest BCUT2D eigenvalue weighted by molar-refractivity contribution is 0.0824. The first-order valence-corrected chi connectivity index (χ1v) is 7.02. The average molecular weight is 333 g/mol. The maximum atomic E-state index is 12.2. The van der Waals surface area contributed by atoms with E-state index in [1.54, 1.807) is 18.2 Å². The number of hydrogen-bond donors (Lipinski definition) is 2. The molecule has 1 atom stereocenters. The summed E-state index contributed by atoms with van der Waals surface area (Å²) in [6.07, 6.45) is 2.09. The van der Waals surface area contributed by atoms with E-state index in [2.05, 4.69) is 21.2 Å². The summed E-state index contributed by atoms with van der Waals surface area (Å²) in [5.74, 6) is 0.113. The van der Waals surface area contributed by atoms with Crippen molar-refractivity contribution in [1.82, 2.24) is 5.32 Å². The van der Waals surface area contributed by atoms with Gasteiger partial charge in [0.25, 0.3) is 5.91 Å². The molecule has 1 amide bonds. The Labute approximate surface area is 120 Å². The summed E-state index contributed by atoms with van der Waals surface area (Å²) in [6, 6.07) is 5.22. The van der Waals surface area contributed by atoms with Crippen LogP contribution in [0.4, 0.5) is 0 Å². The Bertz CT molecular complexity index is 476. The molecule has 1 aliphatic carbocycles. The van der Waals surface area contributed by atoms with Crippen LogP contribution in [-0.2, 0) is 0 Å². The molecule has 0 spiro atoms. The first kappa shape index (κ1) is 13.8. The number of halogens is 2. The quantitative estimate of drug-likeness (QED) is 0.890. The molecular weight excluding hydrogens is 318 g/mol. The minimum Gasteiger partial charge on any atom is -0.394 e. The summed E-state index contributed by atoms with van der Waals surface area (Å²) in [7, 11) is 0. The van der Waals surface area contributed by atoms with Crippen molar-refractivity contribution in [2.75, 3.05) is 6.61 Å². The second-order valence-electron chi connectivity index (χ2n) is 4.91. The van der Waals surface area contributed by atoms with Gasteiger partial charge in [-0.3, -0.25) is 4.79 Å². The van der Waals surface area contributed by atoms with E-state index >= 15 is 0 Å². The molecule has 3 nitrogen and oxygen atoms in total. The van der Waals surface area contributed by atoms with Crippen LogP contribution in [0, 0.1) is 5.92 Å². The van der Waals surface area contributed by atoms with Crippen LogP contribution in [0.25, 0.3) is 0 Å². The second kappa shape index (κ2) is 5.19. The van der Waals surface area contributed by atoms with Crippen LogP contribution in [0.3, 0.4) is 0 Å². The van der Waals surface area contributed by atoms with Gasteiger partial charge in [-0.15, -0.1) is 0 Å². The van der Waals surface area contributed by atoms with Crippen molar-refractivity contribution >= 4 is 33.4 Å². The topological polar surface area (TPSA) is 49.3 Å². The zero-order valence-electron chi connectivity index (χ0n) is 10.0. The van der Waals surface area contributed by atoms with Crippen molar-refractivity contribution in [3.63, 3.8) is 0 Å². The van der Waals surface area contributed by atoms with E-state index in [1.165, 1.54) is 0 Å². The molecule has 0 bridgehead atoms. The van der Waals surface area contributed by atoms with Crippen molar-refractivity contribution in [1.29, 1.82) is 0 Å². The predicted molar refractivity (Wildman–Crippen MR) is 74.8 cm³/mol. The van der Waals surface area contributed by atoms with Gasteiger partial charge in [0.1, 0.15) is 0 Å². The van der Waals surface area contributed by atoms with Gasteiger partial charge in [0.05, 0.1) is 22.7 Å². The van der Waals surface area contributed by atoms with E-state index in [9.17, 15) is 9.90 Å². The van der Waals surface area contributed by atoms with Crippen LogP contribution >= 0.6 is 27.5 Å². The lowest BCUT2D eigenvalue weighted by Gasteiger charge is -2.29. The van der Waals surface area contributed by atoms with Gasteiger partial charge in [0, 0.05) is 4.47 Å². The molecule has 1 aliphatic rings. The van der Waals surface area contributed by atoms with Crippen molar-refractivity contribution in [3.05, 3.63) is 33.3 Å². The highest BCUT2D eigenvalue weighted by atomic mass is 79.9. The normalized spacial score (nSPS) is 18.2. The van der Waals surface area contributed by atoms with Crippen LogP contribution < -0.4 is 5.32 Å². The number of amides is 1. The fraction of sp³-hybridized carbons (Fsp3) is 0.462. The lowest BCUT2D eigenvalue weighted by atomic mass is 9.96. The Morgan fingerprint density at radius 3 is 2.83 bits per heavy atom. The van der Waals surface area contributed by atoms with Gasteiger partial charge in [-0.2, -0.15) is 0 Å². The zero-order chi connectivity index (χ0) is 13.3. The zero-order valence-corrected chi connectivity index (χ0v) is 12.4. The smallest absolute Gasteiger partial charge is 0.253 e. The Morgan fingerprint density at radius 2 is 2.28 bits per heavy atom. The summed E-state index contributed by atoms with van der Waals surface area (Å²) in [5, 5.41) is 12.7. The Balaban J connectivity index is 2.19. The maximum Gasteiger partial charge on any atom is 0.253 e. The molecule has 0 aromatic heterocycles. The molecule has 1 unspecified atom stereocenters. The predicted octanol–water partition coefficient (Wildman–Crippen LogP) is 2.99. The van der Waals surface area contributed by atoms with Gasteiger partial charge in [-0.1, -0.05) is 17.7 Å². The Hall–Kier alpha value is -0.580. The summed E-state index contributed by atoms with van der Waals surface area (Å²) < 4.78 is 0.689. The van der Waals surface area contributed by atoms with Crippen LogP contribution in [0.5, 0.6) is 0 Å². The number of nitrogens with one attached hydrogen (secondary N) is 1. The lowest BCUT2D eigenvalue weighted by Crippen LogP contribution is -2.50. The van der Waals surface area contributed by atoms with Crippen LogP contribution in [0.15, 0.2) is 22.7 Å². The van der Waals surface area contributed by atoms with Gasteiger partial charge in [0.15, 0.2) is 0 Å². The third-order valence-corrected chi connectivity index (χ3v) is 4.70. The summed E-state index contributed by atoms with van der Waals surface area (Å²) in [6.45, 7) is 1.81. The van der Waals surface area contributed by atoms with Gasteiger partial charge < -0.3 is 10.4 Å². The molecule has 18 heavy (non-hydrogen) atoms. The van der Waals surface area contributed by atoms with Crippen LogP contribution in [0.2, 0.25) is 5.02 Å². The molecule has 2 rings (SSSR count). The van der Waals surface area contributed by atoms with E-state index in [-0.39, 0.29) is 12.5 Å². The summed E-state index contributed by atoms with van der Waals surface area (Å²) in [4.78, 5) is 12.2. The molecule has 98 valence electrons. The third kappa shape index (κ3) is 2.71. The van der Waals surface area contributed by atoms with E-state index in [0.29, 0.717) is 21.0 Å². The standard InChI is InChI=1S/C13H15BrClNO2/c1-13(7-17,8-5-6-8)16-12(18)9-3-2-4-10(14)11(9)15/h2-4,8,17H,5-7H2,1H3,(H,16,18). The van der Waals surface area contributed by atoms with Crippen LogP contribution in [0.1, 0.15) is 30.1 Å². The van der Waals surface area contributed by atoms with Crippen molar-refractivity contribution in [2.24, 2.45) is 5.92 Å². The number of aliphatic hydroxyl groups excluding tert-OH is 1. The fourth-order valence-electron chi connectivity index (χ4n) is 2.00. The molecule has 1 fully saturated rings. The summed E-state index contributed by atoms with van der Waals surface area (Å²) >= 11 is 9.38. The van der Waals surface area contributed by atoms with E-state index in [0.717, 1.165) is 12.8 Å². The minimum atomic E-state index is -0.553. The largest absolute Gasteiger partial charge is 0.394 e. The molecule has 0 saturated heterocycles. The highest BCUT2D eigenvalue weighted by Gasteiger charge is 2.42. The molecule has 5 heteroatoms. The molecular formula is C13H15BrClNO2. The van der Waals surface area contributed by atoms with Crippen molar-refractivity contribution in [3.8, 4) is 0 Å². The monoisotopic (exact) mass is 331 g/mol. The molecule has 2 N–H and O–H groups in total. The number of carbonyl (C=O) groups excluding carboxylic acids is 1. The second-order valence-corrected chi connectivity index (χ2v) is 6.14. The Kier molecular flexibility index (Phi) is 3.99. The molecule has 0 aliphatic heterocycles. The van der Waals surface area contributed by atoms with Gasteiger partial charge in [0.2, 0.25) is 0 Å². The average Bonchev–Trinajstić information content (AvgIpc) is 3.16. The molecule has 1 saturated carbocycles. The van der Waals surface area contributed by atoms with Gasteiger partial charge in [-0.05, 0) is 53.7 Å². The first-order valence-electron chi connectivity index (χ1n) is 5.85. The number of aliphatic hydroxyl groups is 1. The number of carbonyl (C=O) groups is 1. The highest BCUT2D eigenvalue weighted by Crippen LogP contribution is 2.39. The van der Waals surface area contributed by atoms with Gasteiger partial charge >= 0.3 is 0 Å². The van der Waals surface area contributed by atoms with E-state index in [1.807, 2.05) is 6.92 Å². The molecule has 0 heterocycles. The maximum absolute atomic E-state index is 12.2. The molecule has 0 radical (unpaired) electrons. The SMILES string of the molecule is CC(CO)(NC(=O)c1cccc(Br)c1Cl)C1CC1. The Morgan fingerprint density at radius 1 is 1.61 bits per heavy atom. The van der Waals surface area contributed by atoms with Gasteiger partial charge in [-0.25, -0.2) is 0 Å². The first-order chi connectivity index (χ1) is 8.48.